The number of hydrogen-bond acceptors (Lipinski definition) is 2. The van der Waals surface area contributed by atoms with Crippen LogP contribution in [0.4, 0.5) is 0 Å². The Labute approximate surface area is 81.0 Å². The van der Waals surface area contributed by atoms with Crippen LogP contribution in [0.15, 0.2) is 0 Å². The summed E-state index contributed by atoms with van der Waals surface area (Å²) >= 11 is 0. The summed E-state index contributed by atoms with van der Waals surface area (Å²) in [4.78, 5) is 0. The molecule has 0 bridgehead atoms. The number of rotatable bonds is 0. The van der Waals surface area contributed by atoms with Gasteiger partial charge in [0.05, 0.1) is 11.7 Å². The topological polar surface area (TPSA) is 21.3 Å². The van der Waals surface area contributed by atoms with Gasteiger partial charge < -0.3 is 10.1 Å². The number of hydrogen-bond donors (Lipinski definition) is 1. The van der Waals surface area contributed by atoms with Gasteiger partial charge >= 0.3 is 0 Å². The van der Waals surface area contributed by atoms with Gasteiger partial charge in [0.2, 0.25) is 0 Å². The molecule has 1 aliphatic carbocycles. The molecule has 1 N–H and O–H groups in total. The summed E-state index contributed by atoms with van der Waals surface area (Å²) in [6.07, 6.45) is 4.24. The molecule has 0 aromatic carbocycles. The second-order valence-corrected chi connectivity index (χ2v) is 5.29. The van der Waals surface area contributed by atoms with Gasteiger partial charge in [-0.1, -0.05) is 13.8 Å². The molecule has 76 valence electrons. The molecule has 0 aromatic heterocycles. The van der Waals surface area contributed by atoms with E-state index >= 15 is 0 Å². The van der Waals surface area contributed by atoms with Crippen molar-refractivity contribution in [1.82, 2.24) is 5.32 Å². The van der Waals surface area contributed by atoms with Crippen LogP contribution in [0, 0.1) is 5.41 Å². The number of nitrogens with one attached hydrogen (secondary N) is 1. The summed E-state index contributed by atoms with van der Waals surface area (Å²) < 4.78 is 6.19. The fraction of sp³-hybridized carbons (Fsp3) is 1.00. The van der Waals surface area contributed by atoms with Crippen LogP contribution in [0.5, 0.6) is 0 Å². The molecule has 0 amide bonds. The standard InChI is InChI=1S/C11H21NO/c1-9-7-12-8-11(13-9)6-4-5-10(11,2)3/h9,12H,4-8H2,1-3H3. The number of ether oxygens (including phenoxy) is 1. The Morgan fingerprint density at radius 2 is 2.08 bits per heavy atom. The summed E-state index contributed by atoms with van der Waals surface area (Å²) in [6.45, 7) is 8.92. The van der Waals surface area contributed by atoms with E-state index in [1.165, 1.54) is 19.3 Å². The molecule has 2 fully saturated rings. The summed E-state index contributed by atoms with van der Waals surface area (Å²) in [7, 11) is 0. The zero-order valence-corrected chi connectivity index (χ0v) is 9.02. The monoisotopic (exact) mass is 183 g/mol. The van der Waals surface area contributed by atoms with E-state index in [1.54, 1.807) is 0 Å². The minimum absolute atomic E-state index is 0.130. The van der Waals surface area contributed by atoms with Gasteiger partial charge in [-0.2, -0.15) is 0 Å². The van der Waals surface area contributed by atoms with E-state index in [1.807, 2.05) is 0 Å². The van der Waals surface area contributed by atoms with Crippen LogP contribution in [0.25, 0.3) is 0 Å². The molecule has 0 aromatic rings. The van der Waals surface area contributed by atoms with Gasteiger partial charge in [0.1, 0.15) is 0 Å². The first-order valence-corrected chi connectivity index (χ1v) is 5.44. The molecular weight excluding hydrogens is 162 g/mol. The van der Waals surface area contributed by atoms with E-state index in [2.05, 4.69) is 26.1 Å². The van der Waals surface area contributed by atoms with Gasteiger partial charge in [-0.3, -0.25) is 0 Å². The molecule has 1 heterocycles. The maximum Gasteiger partial charge on any atom is 0.0861 e. The third-order valence-electron chi connectivity index (χ3n) is 3.88. The first kappa shape index (κ1) is 9.47. The van der Waals surface area contributed by atoms with Crippen LogP contribution >= 0.6 is 0 Å². The Bertz CT molecular complexity index is 202. The highest BCUT2D eigenvalue weighted by atomic mass is 16.5. The SMILES string of the molecule is CC1CNCC2(CCCC2(C)C)O1. The van der Waals surface area contributed by atoms with E-state index in [4.69, 9.17) is 4.74 Å². The molecule has 1 saturated carbocycles. The van der Waals surface area contributed by atoms with E-state index in [9.17, 15) is 0 Å². The molecule has 13 heavy (non-hydrogen) atoms. The van der Waals surface area contributed by atoms with E-state index < -0.39 is 0 Å². The van der Waals surface area contributed by atoms with Gasteiger partial charge in [0.15, 0.2) is 0 Å². The molecule has 0 radical (unpaired) electrons. The third kappa shape index (κ3) is 1.40. The van der Waals surface area contributed by atoms with Crippen molar-refractivity contribution in [3.63, 3.8) is 0 Å². The zero-order chi connectivity index (χ0) is 9.53. The Balaban J connectivity index is 2.18. The van der Waals surface area contributed by atoms with Crippen molar-refractivity contribution in [2.45, 2.75) is 51.7 Å². The minimum atomic E-state index is 0.130. The molecule has 1 aliphatic heterocycles. The molecule has 2 nitrogen and oxygen atoms in total. The van der Waals surface area contributed by atoms with Crippen LogP contribution < -0.4 is 5.32 Å². The lowest BCUT2D eigenvalue weighted by molar-refractivity contribution is -0.155. The summed E-state index contributed by atoms with van der Waals surface area (Å²) in [5.41, 5.74) is 0.485. The van der Waals surface area contributed by atoms with Crippen molar-refractivity contribution in [2.24, 2.45) is 5.41 Å². The second-order valence-electron chi connectivity index (χ2n) is 5.29. The van der Waals surface area contributed by atoms with E-state index in [0.29, 0.717) is 11.5 Å². The first-order valence-electron chi connectivity index (χ1n) is 5.44. The molecule has 2 rings (SSSR count). The number of morpholine rings is 1. The van der Waals surface area contributed by atoms with Gasteiger partial charge in [-0.05, 0) is 31.6 Å². The maximum atomic E-state index is 6.19. The molecule has 2 heteroatoms. The van der Waals surface area contributed by atoms with Crippen molar-refractivity contribution in [1.29, 1.82) is 0 Å². The molecule has 1 saturated heterocycles. The highest BCUT2D eigenvalue weighted by Gasteiger charge is 2.51. The lowest BCUT2D eigenvalue weighted by Crippen LogP contribution is -2.57. The van der Waals surface area contributed by atoms with Crippen LogP contribution in [-0.2, 0) is 4.74 Å². The fourth-order valence-corrected chi connectivity index (χ4v) is 2.87. The molecule has 1 spiro atoms. The molecular formula is C11H21NO. The van der Waals surface area contributed by atoms with Gasteiger partial charge in [0, 0.05) is 13.1 Å². The smallest absolute Gasteiger partial charge is 0.0861 e. The Hall–Kier alpha value is -0.0800. The van der Waals surface area contributed by atoms with Crippen molar-refractivity contribution in [2.75, 3.05) is 13.1 Å². The van der Waals surface area contributed by atoms with E-state index in [0.717, 1.165) is 13.1 Å². The van der Waals surface area contributed by atoms with Gasteiger partial charge in [-0.15, -0.1) is 0 Å². The summed E-state index contributed by atoms with van der Waals surface area (Å²) in [5, 5.41) is 3.50. The largest absolute Gasteiger partial charge is 0.369 e. The fourth-order valence-electron chi connectivity index (χ4n) is 2.87. The Morgan fingerprint density at radius 3 is 2.62 bits per heavy atom. The van der Waals surface area contributed by atoms with Crippen molar-refractivity contribution >= 4 is 0 Å². The molecule has 2 unspecified atom stereocenters. The average molecular weight is 183 g/mol. The molecule has 2 atom stereocenters. The van der Waals surface area contributed by atoms with Crippen molar-refractivity contribution in [3.8, 4) is 0 Å². The van der Waals surface area contributed by atoms with E-state index in [-0.39, 0.29) is 5.60 Å². The van der Waals surface area contributed by atoms with Crippen molar-refractivity contribution < 1.29 is 4.74 Å². The first-order chi connectivity index (χ1) is 6.06. The lowest BCUT2D eigenvalue weighted by Gasteiger charge is -2.46. The van der Waals surface area contributed by atoms with Gasteiger partial charge in [-0.25, -0.2) is 0 Å². The van der Waals surface area contributed by atoms with Crippen LogP contribution in [-0.4, -0.2) is 24.8 Å². The highest BCUT2D eigenvalue weighted by Crippen LogP contribution is 2.49. The third-order valence-corrected chi connectivity index (χ3v) is 3.88. The summed E-state index contributed by atoms with van der Waals surface area (Å²) in [6, 6.07) is 0. The Morgan fingerprint density at radius 1 is 1.31 bits per heavy atom. The van der Waals surface area contributed by atoms with Crippen molar-refractivity contribution in [3.05, 3.63) is 0 Å². The Kier molecular flexibility index (Phi) is 2.16. The summed E-state index contributed by atoms with van der Waals surface area (Å²) in [5.74, 6) is 0. The maximum absolute atomic E-state index is 6.19. The van der Waals surface area contributed by atoms with Crippen LogP contribution in [0.1, 0.15) is 40.0 Å². The predicted molar refractivity (Wildman–Crippen MR) is 53.8 cm³/mol. The van der Waals surface area contributed by atoms with Crippen LogP contribution in [0.3, 0.4) is 0 Å². The minimum Gasteiger partial charge on any atom is -0.369 e. The molecule has 2 aliphatic rings. The van der Waals surface area contributed by atoms with Crippen LogP contribution in [0.2, 0.25) is 0 Å². The lowest BCUT2D eigenvalue weighted by atomic mass is 9.76. The predicted octanol–water partition coefficient (Wildman–Crippen LogP) is 1.94. The zero-order valence-electron chi connectivity index (χ0n) is 9.02. The average Bonchev–Trinajstić information content (AvgIpc) is 2.27. The normalized spacial score (nSPS) is 44.1. The van der Waals surface area contributed by atoms with Gasteiger partial charge in [0.25, 0.3) is 0 Å². The second kappa shape index (κ2) is 2.96. The quantitative estimate of drug-likeness (QED) is 0.619. The highest BCUT2D eigenvalue weighted by molar-refractivity contribution is 5.03.